The molecule has 1 spiro atoms. The summed E-state index contributed by atoms with van der Waals surface area (Å²) < 4.78 is 52.5. The zero-order chi connectivity index (χ0) is 29.1. The normalized spacial score (nSPS) is 28.1. The van der Waals surface area contributed by atoms with Crippen LogP contribution in [0.1, 0.15) is 47.8 Å². The molecule has 0 unspecified atom stereocenters. The Morgan fingerprint density at radius 1 is 1.13 bits per heavy atom. The predicted molar refractivity (Wildman–Crippen MR) is 152 cm³/mol. The molecule has 2 aliphatic rings. The summed E-state index contributed by atoms with van der Waals surface area (Å²) in [4.78, 5) is 17.2. The molecule has 3 heterocycles. The Kier molecular flexibility index (Phi) is 8.00. The van der Waals surface area contributed by atoms with Crippen molar-refractivity contribution >= 4 is 32.6 Å². The smallest absolute Gasteiger partial charge is 0.351 e. The topological polar surface area (TPSA) is 144 Å². The summed E-state index contributed by atoms with van der Waals surface area (Å²) in [5, 5.41) is 3.40. The molecule has 1 aromatic heterocycles. The van der Waals surface area contributed by atoms with Gasteiger partial charge < -0.3 is 24.6 Å². The Morgan fingerprint density at radius 3 is 2.16 bits per heavy atom. The van der Waals surface area contributed by atoms with Crippen LogP contribution in [0.3, 0.4) is 0 Å². The molecule has 0 radical (unpaired) electrons. The van der Waals surface area contributed by atoms with Gasteiger partial charge in [0.05, 0.1) is 17.7 Å². The van der Waals surface area contributed by atoms with E-state index in [9.17, 15) is 13.2 Å². The first-order chi connectivity index (χ1) is 17.1. The maximum absolute atomic E-state index is 13.1. The molecule has 4 atom stereocenters. The number of anilines is 1. The van der Waals surface area contributed by atoms with Crippen LogP contribution in [0, 0.1) is 0 Å². The predicted octanol–water partition coefficient (Wildman–Crippen LogP) is 3.49. The van der Waals surface area contributed by atoms with Crippen LogP contribution in [0.4, 0.5) is 5.82 Å². The largest absolute Gasteiger partial charge is 0.414 e. The molecule has 0 saturated carbocycles. The summed E-state index contributed by atoms with van der Waals surface area (Å²) in [5.74, 6) is 0.387. The van der Waals surface area contributed by atoms with Crippen LogP contribution >= 0.6 is 0 Å². The van der Waals surface area contributed by atoms with Crippen LogP contribution in [-0.2, 0) is 27.9 Å². The quantitative estimate of drug-likeness (QED) is 0.359. The zero-order valence-electron chi connectivity index (χ0n) is 24.4. The van der Waals surface area contributed by atoms with Crippen LogP contribution in [-0.4, -0.2) is 66.1 Å². The third-order valence-corrected chi connectivity index (χ3v) is 18.4. The van der Waals surface area contributed by atoms with E-state index < -0.39 is 56.5 Å². The molecule has 0 amide bonds. The van der Waals surface area contributed by atoms with Gasteiger partial charge in [0.1, 0.15) is 18.0 Å². The maximum atomic E-state index is 13.1. The van der Waals surface area contributed by atoms with Gasteiger partial charge >= 0.3 is 5.69 Å². The van der Waals surface area contributed by atoms with Crippen molar-refractivity contribution in [2.45, 2.75) is 102 Å². The lowest BCUT2D eigenvalue weighted by molar-refractivity contribution is -0.0562. The highest BCUT2D eigenvalue weighted by Crippen LogP contribution is 2.52. The standard InChI is InChI=1S/C24H44N4O7SSi2/c1-22(2,3)37(8,9)32-14-17-24(16(25)15-36(30,31)35-24)19(34-38(10,11)23(4,5)6)20(33-17)28-13-12-18(26-7)27-21(28)29/h12-13,15,17,19-20H,14,25H2,1-11H3,(H,26,27,29)/t17-,19+,20-,24-/m1/s1. The monoisotopic (exact) mass is 588 g/mol. The molecule has 1 saturated heterocycles. The first-order valence-corrected chi connectivity index (χ1v) is 20.0. The molecule has 38 heavy (non-hydrogen) atoms. The van der Waals surface area contributed by atoms with Gasteiger partial charge in [-0.05, 0) is 42.3 Å². The van der Waals surface area contributed by atoms with Gasteiger partial charge in [-0.15, -0.1) is 0 Å². The van der Waals surface area contributed by atoms with E-state index >= 15 is 0 Å². The second-order valence-corrected chi connectivity index (χ2v) is 24.0. The zero-order valence-corrected chi connectivity index (χ0v) is 27.2. The van der Waals surface area contributed by atoms with Crippen LogP contribution in [0.15, 0.2) is 28.2 Å². The lowest BCUT2D eigenvalue weighted by Gasteiger charge is -2.43. The van der Waals surface area contributed by atoms with E-state index in [1.165, 1.54) is 4.57 Å². The van der Waals surface area contributed by atoms with Crippen LogP contribution in [0.25, 0.3) is 0 Å². The molecule has 3 N–H and O–H groups in total. The molecular weight excluding hydrogens is 545 g/mol. The minimum atomic E-state index is -4.14. The third-order valence-electron chi connectivity index (χ3n) is 8.43. The van der Waals surface area contributed by atoms with Crippen molar-refractivity contribution in [2.24, 2.45) is 5.73 Å². The fraction of sp³-hybridized carbons (Fsp3) is 0.750. The summed E-state index contributed by atoms with van der Waals surface area (Å²) in [6.45, 7) is 20.8. The van der Waals surface area contributed by atoms with E-state index in [0.29, 0.717) is 5.82 Å². The summed E-state index contributed by atoms with van der Waals surface area (Å²) in [5.41, 5.74) is 4.11. The van der Waals surface area contributed by atoms with Crippen molar-refractivity contribution < 1.29 is 26.2 Å². The molecule has 0 aliphatic carbocycles. The highest BCUT2D eigenvalue weighted by molar-refractivity contribution is 7.90. The number of nitrogens with two attached hydrogens (primary N) is 1. The summed E-state index contributed by atoms with van der Waals surface area (Å²) in [7, 11) is -7.36. The second kappa shape index (κ2) is 9.82. The lowest BCUT2D eigenvalue weighted by Crippen LogP contribution is -2.59. The van der Waals surface area contributed by atoms with Gasteiger partial charge in [-0.1, -0.05) is 41.5 Å². The Hall–Kier alpha value is -1.56. The van der Waals surface area contributed by atoms with E-state index in [0.717, 1.165) is 5.41 Å². The fourth-order valence-corrected chi connectivity index (χ4v) is 7.47. The number of nitrogens with zero attached hydrogens (tertiary/aromatic N) is 2. The van der Waals surface area contributed by atoms with Crippen LogP contribution in [0.2, 0.25) is 36.3 Å². The highest BCUT2D eigenvalue weighted by atomic mass is 32.2. The number of aromatic nitrogens is 2. The van der Waals surface area contributed by atoms with E-state index in [2.05, 4.69) is 64.9 Å². The Bertz CT molecular complexity index is 1250. The average molecular weight is 589 g/mol. The van der Waals surface area contributed by atoms with Gasteiger partial charge in [-0.2, -0.15) is 13.4 Å². The minimum absolute atomic E-state index is 0.00515. The highest BCUT2D eigenvalue weighted by Gasteiger charge is 2.67. The molecule has 1 aromatic rings. The van der Waals surface area contributed by atoms with Gasteiger partial charge in [0.15, 0.2) is 28.5 Å². The van der Waals surface area contributed by atoms with Gasteiger partial charge in [0.2, 0.25) is 0 Å². The fourth-order valence-electron chi connectivity index (χ4n) is 3.96. The van der Waals surface area contributed by atoms with E-state index in [-0.39, 0.29) is 22.4 Å². The number of hydrogen-bond acceptors (Lipinski definition) is 10. The van der Waals surface area contributed by atoms with Crippen molar-refractivity contribution in [3.05, 3.63) is 33.9 Å². The van der Waals surface area contributed by atoms with Crippen molar-refractivity contribution in [2.75, 3.05) is 19.0 Å². The first kappa shape index (κ1) is 31.0. The van der Waals surface area contributed by atoms with Crippen LogP contribution < -0.4 is 16.7 Å². The van der Waals surface area contributed by atoms with Gasteiger partial charge in [0, 0.05) is 13.2 Å². The summed E-state index contributed by atoms with van der Waals surface area (Å²) in [6.07, 6.45) is -1.56. The summed E-state index contributed by atoms with van der Waals surface area (Å²) >= 11 is 0. The number of ether oxygens (including phenoxy) is 1. The molecule has 1 fully saturated rings. The first-order valence-electron chi connectivity index (χ1n) is 12.8. The SMILES string of the molecule is CNc1ccn([C@@H]2O[C@H](CO[Si](C)(C)C(C)(C)C)[C@@]3(OS(=O)(=O)C=C3N)[C@H]2O[Si](C)(C)C(C)(C)C)c(=O)n1. The van der Waals surface area contributed by atoms with Crippen molar-refractivity contribution in [1.29, 1.82) is 0 Å². The van der Waals surface area contributed by atoms with E-state index in [1.54, 1.807) is 19.3 Å². The minimum Gasteiger partial charge on any atom is -0.414 e. The molecule has 11 nitrogen and oxygen atoms in total. The molecule has 2 aliphatic heterocycles. The Balaban J connectivity index is 2.20. The second-order valence-electron chi connectivity index (χ2n) is 13.1. The average Bonchev–Trinajstić information content (AvgIpc) is 3.17. The summed E-state index contributed by atoms with van der Waals surface area (Å²) in [6, 6.07) is 1.63. The molecule has 14 heteroatoms. The van der Waals surface area contributed by atoms with Crippen molar-refractivity contribution in [3.8, 4) is 0 Å². The van der Waals surface area contributed by atoms with E-state index in [4.69, 9.17) is 23.5 Å². The third kappa shape index (κ3) is 5.53. The Morgan fingerprint density at radius 2 is 1.71 bits per heavy atom. The van der Waals surface area contributed by atoms with Crippen LogP contribution in [0.5, 0.6) is 0 Å². The number of hydrogen-bond donors (Lipinski definition) is 2. The lowest BCUT2D eigenvalue weighted by atomic mass is 9.89. The van der Waals surface area contributed by atoms with Gasteiger partial charge in [-0.3, -0.25) is 4.57 Å². The number of nitrogens with one attached hydrogen (secondary N) is 1. The number of rotatable bonds is 7. The maximum Gasteiger partial charge on any atom is 0.351 e. The molecule has 0 aromatic carbocycles. The molecule has 0 bridgehead atoms. The molecule has 216 valence electrons. The van der Waals surface area contributed by atoms with Gasteiger partial charge in [-0.25, -0.2) is 8.98 Å². The molecular formula is C24H44N4O7SSi2. The molecule has 3 rings (SSSR count). The van der Waals surface area contributed by atoms with E-state index in [1.807, 2.05) is 13.1 Å². The van der Waals surface area contributed by atoms with Crippen molar-refractivity contribution in [3.63, 3.8) is 0 Å². The van der Waals surface area contributed by atoms with Crippen molar-refractivity contribution in [1.82, 2.24) is 9.55 Å². The Labute approximate surface area is 228 Å². The van der Waals surface area contributed by atoms with Gasteiger partial charge in [0.25, 0.3) is 10.1 Å².